The van der Waals surface area contributed by atoms with E-state index in [0.29, 0.717) is 0 Å². The van der Waals surface area contributed by atoms with Gasteiger partial charge in [0.2, 0.25) is 0 Å². The first-order valence-corrected chi connectivity index (χ1v) is 3.83. The largest absolute Gasteiger partial charge is 0.265 e. The smallest absolute Gasteiger partial charge is 0.240 e. The zero-order valence-electron chi connectivity index (χ0n) is 6.47. The predicted octanol–water partition coefficient (Wildman–Crippen LogP) is 2.74. The molecular weight excluding hydrogens is 198 g/mol. The van der Waals surface area contributed by atoms with Gasteiger partial charge in [0.05, 0.1) is 18.2 Å². The quantitative estimate of drug-likeness (QED) is 0.692. The number of hydrogen-bond donors (Lipinski definition) is 0. The van der Waals surface area contributed by atoms with E-state index in [0.717, 1.165) is 0 Å². The van der Waals surface area contributed by atoms with Crippen LogP contribution in [0.1, 0.15) is 17.7 Å². The first-order chi connectivity index (χ1) is 6.15. The summed E-state index contributed by atoms with van der Waals surface area (Å²) in [5, 5.41) is 8.46. The fraction of sp³-hybridized carbons (Fsp3) is 0.250. The molecule has 0 aromatic carbocycles. The highest BCUT2D eigenvalue weighted by Crippen LogP contribution is 2.23. The van der Waals surface area contributed by atoms with Gasteiger partial charge in [-0.05, 0) is 12.1 Å². The average molecular weight is 203 g/mol. The Kier molecular flexibility index (Phi) is 3.15. The molecule has 68 valence electrons. The first kappa shape index (κ1) is 9.87. The third-order valence-corrected chi connectivity index (χ3v) is 1.67. The van der Waals surface area contributed by atoms with Crippen molar-refractivity contribution in [1.82, 2.24) is 4.98 Å². The maximum Gasteiger partial charge on any atom is 0.265 e. The predicted molar refractivity (Wildman–Crippen MR) is 43.5 cm³/mol. The molecule has 0 N–H and O–H groups in total. The molecular formula is C8H5ClF2N2. The van der Waals surface area contributed by atoms with Crippen molar-refractivity contribution >= 4 is 11.6 Å². The molecule has 0 saturated carbocycles. The number of nitriles is 1. The lowest BCUT2D eigenvalue weighted by atomic mass is 10.1. The number of alkyl halides is 2. The normalized spacial score (nSPS) is 10.1. The van der Waals surface area contributed by atoms with Crippen LogP contribution in [0.2, 0.25) is 5.15 Å². The minimum atomic E-state index is -2.62. The second kappa shape index (κ2) is 4.15. The minimum Gasteiger partial charge on any atom is -0.240 e. The van der Waals surface area contributed by atoms with Gasteiger partial charge in [0.25, 0.3) is 6.43 Å². The van der Waals surface area contributed by atoms with E-state index in [1.54, 1.807) is 6.07 Å². The minimum absolute atomic E-state index is 0.0463. The van der Waals surface area contributed by atoms with Gasteiger partial charge in [-0.3, -0.25) is 0 Å². The Balaban J connectivity index is 3.12. The summed E-state index contributed by atoms with van der Waals surface area (Å²) in [5.41, 5.74) is -0.184. The van der Waals surface area contributed by atoms with Crippen molar-refractivity contribution in [3.05, 3.63) is 28.5 Å². The Morgan fingerprint density at radius 2 is 2.23 bits per heavy atom. The molecule has 0 aliphatic heterocycles. The second-order valence-electron chi connectivity index (χ2n) is 2.31. The molecule has 1 heterocycles. The average Bonchev–Trinajstić information content (AvgIpc) is 2.04. The zero-order chi connectivity index (χ0) is 9.84. The van der Waals surface area contributed by atoms with E-state index in [-0.39, 0.29) is 22.8 Å². The van der Waals surface area contributed by atoms with E-state index in [1.165, 1.54) is 12.1 Å². The molecule has 1 aromatic heterocycles. The summed E-state index contributed by atoms with van der Waals surface area (Å²) >= 11 is 5.49. The van der Waals surface area contributed by atoms with Crippen molar-refractivity contribution in [2.24, 2.45) is 0 Å². The van der Waals surface area contributed by atoms with Crippen LogP contribution in [0.5, 0.6) is 0 Å². The number of pyridine rings is 1. The third-order valence-electron chi connectivity index (χ3n) is 1.46. The molecule has 1 aromatic rings. The lowest BCUT2D eigenvalue weighted by molar-refractivity contribution is 0.150. The van der Waals surface area contributed by atoms with Crippen LogP contribution in [0.15, 0.2) is 12.1 Å². The van der Waals surface area contributed by atoms with Gasteiger partial charge in [0.1, 0.15) is 5.15 Å². The van der Waals surface area contributed by atoms with Crippen molar-refractivity contribution < 1.29 is 8.78 Å². The van der Waals surface area contributed by atoms with E-state index < -0.39 is 6.43 Å². The summed E-state index contributed by atoms with van der Waals surface area (Å²) in [7, 11) is 0. The lowest BCUT2D eigenvalue weighted by Gasteiger charge is -2.04. The fourth-order valence-electron chi connectivity index (χ4n) is 0.901. The standard InChI is InChI=1S/C8H5ClF2N2/c9-7-2-1-5(8(10)11)6(13-7)3-4-12/h1-2,8H,3H2. The number of halogens is 3. The van der Waals surface area contributed by atoms with Crippen LogP contribution in [-0.2, 0) is 6.42 Å². The Labute approximate surface area is 78.8 Å². The van der Waals surface area contributed by atoms with Crippen LogP contribution in [0, 0.1) is 11.3 Å². The monoisotopic (exact) mass is 202 g/mol. The summed E-state index contributed by atoms with van der Waals surface area (Å²) in [5.74, 6) is 0. The van der Waals surface area contributed by atoms with Gasteiger partial charge in [-0.15, -0.1) is 0 Å². The fourth-order valence-corrected chi connectivity index (χ4v) is 1.07. The molecule has 1 rings (SSSR count). The molecule has 0 radical (unpaired) electrons. The molecule has 0 unspecified atom stereocenters. The second-order valence-corrected chi connectivity index (χ2v) is 2.69. The Morgan fingerprint density at radius 1 is 1.54 bits per heavy atom. The number of hydrogen-bond acceptors (Lipinski definition) is 2. The van der Waals surface area contributed by atoms with Gasteiger partial charge in [-0.25, -0.2) is 13.8 Å². The van der Waals surface area contributed by atoms with Crippen molar-refractivity contribution in [3.8, 4) is 6.07 Å². The topological polar surface area (TPSA) is 36.7 Å². The molecule has 2 nitrogen and oxygen atoms in total. The summed E-state index contributed by atoms with van der Waals surface area (Å²) in [6.07, 6.45) is -2.77. The molecule has 5 heteroatoms. The van der Waals surface area contributed by atoms with Crippen LogP contribution < -0.4 is 0 Å². The van der Waals surface area contributed by atoms with Gasteiger partial charge >= 0.3 is 0 Å². The van der Waals surface area contributed by atoms with Crippen LogP contribution in [0.4, 0.5) is 8.78 Å². The maximum absolute atomic E-state index is 12.3. The molecule has 0 aliphatic rings. The lowest BCUT2D eigenvalue weighted by Crippen LogP contribution is -1.97. The number of aromatic nitrogens is 1. The van der Waals surface area contributed by atoms with Gasteiger partial charge in [-0.2, -0.15) is 5.26 Å². The van der Waals surface area contributed by atoms with Crippen molar-refractivity contribution in [2.75, 3.05) is 0 Å². The Bertz CT molecular complexity index is 346. The van der Waals surface area contributed by atoms with E-state index in [1.807, 2.05) is 0 Å². The molecule has 0 bridgehead atoms. The highest BCUT2D eigenvalue weighted by Gasteiger charge is 2.13. The van der Waals surface area contributed by atoms with Crippen LogP contribution >= 0.6 is 11.6 Å². The number of rotatable bonds is 2. The van der Waals surface area contributed by atoms with E-state index >= 15 is 0 Å². The van der Waals surface area contributed by atoms with Crippen LogP contribution in [-0.4, -0.2) is 4.98 Å². The summed E-state index contributed by atoms with van der Waals surface area (Å²) < 4.78 is 24.6. The molecule has 0 amide bonds. The van der Waals surface area contributed by atoms with Gasteiger partial charge in [-0.1, -0.05) is 11.6 Å². The summed E-state index contributed by atoms with van der Waals surface area (Å²) in [6, 6.07) is 4.22. The SMILES string of the molecule is N#CCc1nc(Cl)ccc1C(F)F. The molecule has 0 spiro atoms. The molecule has 0 fully saturated rings. The van der Waals surface area contributed by atoms with Crippen molar-refractivity contribution in [2.45, 2.75) is 12.8 Å². The Hall–Kier alpha value is -1.21. The molecule has 0 atom stereocenters. The highest BCUT2D eigenvalue weighted by atomic mass is 35.5. The van der Waals surface area contributed by atoms with Crippen LogP contribution in [0.25, 0.3) is 0 Å². The van der Waals surface area contributed by atoms with Crippen LogP contribution in [0.3, 0.4) is 0 Å². The Morgan fingerprint density at radius 3 is 2.77 bits per heavy atom. The highest BCUT2D eigenvalue weighted by molar-refractivity contribution is 6.29. The van der Waals surface area contributed by atoms with E-state index in [4.69, 9.17) is 16.9 Å². The number of nitrogens with zero attached hydrogens (tertiary/aromatic N) is 2. The third kappa shape index (κ3) is 2.36. The molecule has 0 aliphatic carbocycles. The maximum atomic E-state index is 12.3. The van der Waals surface area contributed by atoms with E-state index in [9.17, 15) is 8.78 Å². The molecule has 0 saturated heterocycles. The summed E-state index contributed by atoms with van der Waals surface area (Å²) in [4.78, 5) is 3.65. The van der Waals surface area contributed by atoms with Gasteiger partial charge in [0.15, 0.2) is 0 Å². The summed E-state index contributed by atoms with van der Waals surface area (Å²) in [6.45, 7) is 0. The molecule has 13 heavy (non-hydrogen) atoms. The van der Waals surface area contributed by atoms with E-state index in [2.05, 4.69) is 4.98 Å². The zero-order valence-corrected chi connectivity index (χ0v) is 7.22. The van der Waals surface area contributed by atoms with Gasteiger partial charge in [0, 0.05) is 5.56 Å². The van der Waals surface area contributed by atoms with Crippen molar-refractivity contribution in [3.63, 3.8) is 0 Å². The first-order valence-electron chi connectivity index (χ1n) is 3.45. The van der Waals surface area contributed by atoms with Crippen molar-refractivity contribution in [1.29, 1.82) is 5.26 Å². The van der Waals surface area contributed by atoms with Gasteiger partial charge < -0.3 is 0 Å².